The van der Waals surface area contributed by atoms with Crippen LogP contribution >= 0.6 is 27.7 Å². The standard InChI is InChI=1S/C27H22BrNO5S/c28-22-12-13-23(34-17-19-8-10-20(11-9-19)26(31)32)21(15-22)16-24-25(30)29(27(33)35-24)14-4-7-18-5-2-1-3-6-18/h1-3,5-6,8-13,15-16H,4,7,14,17H2,(H,31,32)/b24-16+. The number of carbonyl (C=O) groups excluding carboxylic acids is 2. The fourth-order valence-electron chi connectivity index (χ4n) is 3.59. The highest BCUT2D eigenvalue weighted by atomic mass is 79.9. The monoisotopic (exact) mass is 551 g/mol. The van der Waals surface area contributed by atoms with Gasteiger partial charge >= 0.3 is 5.97 Å². The molecule has 6 nitrogen and oxygen atoms in total. The second-order valence-electron chi connectivity index (χ2n) is 7.90. The summed E-state index contributed by atoms with van der Waals surface area (Å²) < 4.78 is 6.77. The fraction of sp³-hybridized carbons (Fsp3) is 0.148. The van der Waals surface area contributed by atoms with Crippen LogP contribution in [0.1, 0.15) is 33.5 Å². The lowest BCUT2D eigenvalue weighted by atomic mass is 10.1. The number of thioether (sulfide) groups is 1. The van der Waals surface area contributed by atoms with E-state index in [1.807, 2.05) is 42.5 Å². The molecule has 1 N–H and O–H groups in total. The lowest BCUT2D eigenvalue weighted by Gasteiger charge is -2.12. The zero-order chi connectivity index (χ0) is 24.8. The minimum atomic E-state index is -0.985. The topological polar surface area (TPSA) is 83.9 Å². The van der Waals surface area contributed by atoms with Crippen molar-refractivity contribution in [3.63, 3.8) is 0 Å². The number of hydrogen-bond donors (Lipinski definition) is 1. The number of amides is 2. The zero-order valence-electron chi connectivity index (χ0n) is 18.6. The Bertz CT molecular complexity index is 1270. The molecule has 0 radical (unpaired) electrons. The lowest BCUT2D eigenvalue weighted by molar-refractivity contribution is -0.122. The smallest absolute Gasteiger partial charge is 0.335 e. The highest BCUT2D eigenvalue weighted by Crippen LogP contribution is 2.35. The van der Waals surface area contributed by atoms with Crippen molar-refractivity contribution in [2.24, 2.45) is 0 Å². The van der Waals surface area contributed by atoms with Crippen molar-refractivity contribution in [1.82, 2.24) is 4.90 Å². The molecule has 0 atom stereocenters. The average molecular weight is 552 g/mol. The van der Waals surface area contributed by atoms with Crippen molar-refractivity contribution in [3.8, 4) is 5.75 Å². The Morgan fingerprint density at radius 1 is 1.00 bits per heavy atom. The van der Waals surface area contributed by atoms with Crippen LogP contribution in [0.3, 0.4) is 0 Å². The summed E-state index contributed by atoms with van der Waals surface area (Å²) in [5.41, 5.74) is 2.85. The molecule has 2 amide bonds. The number of ether oxygens (including phenoxy) is 1. The molecule has 1 heterocycles. The highest BCUT2D eigenvalue weighted by Gasteiger charge is 2.34. The summed E-state index contributed by atoms with van der Waals surface area (Å²) in [6.45, 7) is 0.592. The largest absolute Gasteiger partial charge is 0.488 e. The predicted octanol–water partition coefficient (Wildman–Crippen LogP) is 6.40. The molecule has 0 aromatic heterocycles. The van der Waals surface area contributed by atoms with Crippen LogP contribution in [0.2, 0.25) is 0 Å². The minimum Gasteiger partial charge on any atom is -0.488 e. The Kier molecular flexibility index (Phi) is 8.05. The number of benzene rings is 3. The quantitative estimate of drug-likeness (QED) is 0.310. The molecule has 1 fully saturated rings. The van der Waals surface area contributed by atoms with Crippen LogP contribution in [0.15, 0.2) is 82.2 Å². The van der Waals surface area contributed by atoms with Gasteiger partial charge in [0.15, 0.2) is 0 Å². The van der Waals surface area contributed by atoms with Crippen LogP contribution in [0, 0.1) is 0 Å². The Balaban J connectivity index is 1.44. The average Bonchev–Trinajstić information content (AvgIpc) is 3.12. The Labute approximate surface area is 215 Å². The van der Waals surface area contributed by atoms with Crippen LogP contribution in [0.5, 0.6) is 5.75 Å². The summed E-state index contributed by atoms with van der Waals surface area (Å²) in [6, 6.07) is 21.8. The summed E-state index contributed by atoms with van der Waals surface area (Å²) in [5.74, 6) is -0.740. The van der Waals surface area contributed by atoms with Crippen LogP contribution in [-0.2, 0) is 17.8 Å². The van der Waals surface area contributed by atoms with Crippen molar-refractivity contribution >= 4 is 50.9 Å². The van der Waals surface area contributed by atoms with Crippen molar-refractivity contribution < 1.29 is 24.2 Å². The highest BCUT2D eigenvalue weighted by molar-refractivity contribution is 9.10. The number of rotatable bonds is 9. The normalized spacial score (nSPS) is 14.5. The third-order valence-electron chi connectivity index (χ3n) is 5.42. The summed E-state index contributed by atoms with van der Waals surface area (Å²) >= 11 is 4.38. The number of aryl methyl sites for hydroxylation is 1. The zero-order valence-corrected chi connectivity index (χ0v) is 21.1. The van der Waals surface area contributed by atoms with Crippen molar-refractivity contribution in [3.05, 3.63) is 104 Å². The van der Waals surface area contributed by atoms with Crippen LogP contribution in [0.25, 0.3) is 6.08 Å². The Morgan fingerprint density at radius 2 is 1.74 bits per heavy atom. The van der Waals surface area contributed by atoms with Crippen molar-refractivity contribution in [2.75, 3.05) is 6.54 Å². The van der Waals surface area contributed by atoms with Gasteiger partial charge < -0.3 is 9.84 Å². The molecule has 178 valence electrons. The first-order valence-corrected chi connectivity index (χ1v) is 12.6. The molecular weight excluding hydrogens is 530 g/mol. The maximum atomic E-state index is 12.9. The van der Waals surface area contributed by atoms with E-state index in [-0.39, 0.29) is 23.3 Å². The van der Waals surface area contributed by atoms with E-state index in [0.717, 1.165) is 28.2 Å². The lowest BCUT2D eigenvalue weighted by Crippen LogP contribution is -2.29. The van der Waals surface area contributed by atoms with Gasteiger partial charge in [-0.2, -0.15) is 0 Å². The number of halogens is 1. The maximum Gasteiger partial charge on any atom is 0.335 e. The van der Waals surface area contributed by atoms with Gasteiger partial charge in [0.2, 0.25) is 0 Å². The second-order valence-corrected chi connectivity index (χ2v) is 9.80. The van der Waals surface area contributed by atoms with Gasteiger partial charge in [-0.1, -0.05) is 58.4 Å². The van der Waals surface area contributed by atoms with E-state index in [0.29, 0.717) is 29.2 Å². The van der Waals surface area contributed by atoms with Gasteiger partial charge in [0, 0.05) is 16.6 Å². The number of carbonyl (C=O) groups is 3. The molecule has 0 aliphatic carbocycles. The molecule has 0 unspecified atom stereocenters. The van der Waals surface area contributed by atoms with Crippen LogP contribution in [0.4, 0.5) is 4.79 Å². The van der Waals surface area contributed by atoms with Gasteiger partial charge in [-0.15, -0.1) is 0 Å². The number of aromatic carboxylic acids is 1. The molecule has 1 saturated heterocycles. The van der Waals surface area contributed by atoms with E-state index >= 15 is 0 Å². The summed E-state index contributed by atoms with van der Waals surface area (Å²) in [4.78, 5) is 38.1. The number of nitrogens with zero attached hydrogens (tertiary/aromatic N) is 1. The SMILES string of the molecule is O=C(O)c1ccc(COc2ccc(Br)cc2/C=C2/SC(=O)N(CCCc3ccccc3)C2=O)cc1. The fourth-order valence-corrected chi connectivity index (χ4v) is 4.82. The van der Waals surface area contributed by atoms with Crippen molar-refractivity contribution in [2.45, 2.75) is 19.4 Å². The minimum absolute atomic E-state index is 0.206. The van der Waals surface area contributed by atoms with E-state index in [1.165, 1.54) is 22.6 Å². The summed E-state index contributed by atoms with van der Waals surface area (Å²) in [6.07, 6.45) is 3.16. The molecule has 35 heavy (non-hydrogen) atoms. The molecular formula is C27H22BrNO5S. The summed E-state index contributed by atoms with van der Waals surface area (Å²) in [5, 5.41) is 8.77. The molecule has 1 aliphatic rings. The van der Waals surface area contributed by atoms with Gasteiger partial charge in [0.1, 0.15) is 12.4 Å². The first kappa shape index (κ1) is 24.8. The molecule has 1 aliphatic heterocycles. The first-order chi connectivity index (χ1) is 16.9. The molecule has 0 spiro atoms. The van der Waals surface area contributed by atoms with Crippen LogP contribution in [-0.4, -0.2) is 33.7 Å². The third-order valence-corrected chi connectivity index (χ3v) is 6.82. The van der Waals surface area contributed by atoms with Gasteiger partial charge in [-0.25, -0.2) is 4.79 Å². The Morgan fingerprint density at radius 3 is 2.46 bits per heavy atom. The van der Waals surface area contributed by atoms with Gasteiger partial charge in [-0.3, -0.25) is 14.5 Å². The molecule has 4 rings (SSSR count). The van der Waals surface area contributed by atoms with Gasteiger partial charge in [-0.05, 0) is 72.1 Å². The van der Waals surface area contributed by atoms with Crippen molar-refractivity contribution in [1.29, 1.82) is 0 Å². The number of carboxylic acids is 1. The van der Waals surface area contributed by atoms with E-state index in [4.69, 9.17) is 9.84 Å². The molecule has 3 aromatic carbocycles. The molecule has 8 heteroatoms. The first-order valence-electron chi connectivity index (χ1n) is 10.9. The van der Waals surface area contributed by atoms with E-state index < -0.39 is 5.97 Å². The number of imide groups is 1. The van der Waals surface area contributed by atoms with Gasteiger partial charge in [0.25, 0.3) is 11.1 Å². The predicted molar refractivity (Wildman–Crippen MR) is 139 cm³/mol. The maximum absolute atomic E-state index is 12.9. The molecule has 3 aromatic rings. The third kappa shape index (κ3) is 6.41. The van der Waals surface area contributed by atoms with E-state index in [9.17, 15) is 14.4 Å². The van der Waals surface area contributed by atoms with Crippen LogP contribution < -0.4 is 4.74 Å². The van der Waals surface area contributed by atoms with E-state index in [2.05, 4.69) is 15.9 Å². The summed E-state index contributed by atoms with van der Waals surface area (Å²) in [7, 11) is 0. The van der Waals surface area contributed by atoms with Gasteiger partial charge in [0.05, 0.1) is 10.5 Å². The Hall–Kier alpha value is -3.36. The molecule has 0 bridgehead atoms. The molecule has 0 saturated carbocycles. The number of carboxylic acid groups (broad SMARTS) is 1. The number of hydrogen-bond acceptors (Lipinski definition) is 5. The van der Waals surface area contributed by atoms with E-state index in [1.54, 1.807) is 24.3 Å². The second kappa shape index (κ2) is 11.4.